The van der Waals surface area contributed by atoms with Gasteiger partial charge in [-0.1, -0.05) is 0 Å². The number of aliphatic imine (C=N–C) groups is 1. The predicted molar refractivity (Wildman–Crippen MR) is 112 cm³/mol. The molecule has 2 rings (SSSR count). The van der Waals surface area contributed by atoms with Gasteiger partial charge in [-0.05, 0) is 26.3 Å². The van der Waals surface area contributed by atoms with Gasteiger partial charge in [0.2, 0.25) is 0 Å². The highest BCUT2D eigenvalue weighted by molar-refractivity contribution is 14.0. The van der Waals surface area contributed by atoms with Gasteiger partial charge < -0.3 is 15.0 Å². The number of nitrogens with zero attached hydrogens (tertiary/aromatic N) is 4. The molecule has 0 amide bonds. The molecule has 0 aliphatic carbocycles. The number of halogens is 4. The minimum absolute atomic E-state index is 0. The Labute approximate surface area is 177 Å². The summed E-state index contributed by atoms with van der Waals surface area (Å²) in [5.41, 5.74) is 0. The molecular formula is C17H33F3IN5O. The van der Waals surface area contributed by atoms with Crippen LogP contribution in [0.4, 0.5) is 13.2 Å². The Kier molecular flexibility index (Phi) is 10.6. The van der Waals surface area contributed by atoms with E-state index in [1.807, 2.05) is 4.90 Å². The Balaban J connectivity index is 0.00000364. The van der Waals surface area contributed by atoms with Gasteiger partial charge in [-0.3, -0.25) is 14.8 Å². The Morgan fingerprint density at radius 3 is 2.44 bits per heavy atom. The molecule has 1 N–H and O–H groups in total. The van der Waals surface area contributed by atoms with Crippen LogP contribution in [0.25, 0.3) is 0 Å². The predicted octanol–water partition coefficient (Wildman–Crippen LogP) is 1.86. The van der Waals surface area contributed by atoms with Crippen LogP contribution in [0, 0.1) is 0 Å². The molecule has 0 radical (unpaired) electrons. The molecule has 27 heavy (non-hydrogen) atoms. The Morgan fingerprint density at radius 1 is 1.22 bits per heavy atom. The molecule has 0 spiro atoms. The monoisotopic (exact) mass is 507 g/mol. The average Bonchev–Trinajstić information content (AvgIpc) is 3.07. The third-order valence-electron chi connectivity index (χ3n) is 5.42. The second-order valence-corrected chi connectivity index (χ2v) is 6.99. The van der Waals surface area contributed by atoms with E-state index in [2.05, 4.69) is 15.2 Å². The molecule has 0 bridgehead atoms. The van der Waals surface area contributed by atoms with E-state index in [1.54, 1.807) is 14.2 Å². The molecule has 6 nitrogen and oxygen atoms in total. The lowest BCUT2D eigenvalue weighted by Crippen LogP contribution is -2.57. The lowest BCUT2D eigenvalue weighted by molar-refractivity contribution is -0.181. The second-order valence-electron chi connectivity index (χ2n) is 6.99. The van der Waals surface area contributed by atoms with Crippen LogP contribution in [0.1, 0.15) is 19.8 Å². The van der Waals surface area contributed by atoms with Crippen LogP contribution < -0.4 is 5.32 Å². The summed E-state index contributed by atoms with van der Waals surface area (Å²) < 4.78 is 43.8. The van der Waals surface area contributed by atoms with Gasteiger partial charge in [-0.25, -0.2) is 0 Å². The van der Waals surface area contributed by atoms with E-state index in [0.717, 1.165) is 38.6 Å². The molecule has 2 unspecified atom stereocenters. The summed E-state index contributed by atoms with van der Waals surface area (Å²) in [7, 11) is 3.44. The van der Waals surface area contributed by atoms with Gasteiger partial charge in [0, 0.05) is 59.5 Å². The molecule has 0 aromatic carbocycles. The van der Waals surface area contributed by atoms with Crippen LogP contribution in [0.15, 0.2) is 4.99 Å². The van der Waals surface area contributed by atoms with Crippen molar-refractivity contribution in [3.8, 4) is 0 Å². The number of piperazine rings is 1. The quantitative estimate of drug-likeness (QED) is 0.338. The van der Waals surface area contributed by atoms with Gasteiger partial charge in [-0.2, -0.15) is 13.2 Å². The van der Waals surface area contributed by atoms with Crippen LogP contribution in [-0.4, -0.2) is 105 Å². The van der Waals surface area contributed by atoms with Crippen molar-refractivity contribution in [1.29, 1.82) is 0 Å². The molecule has 2 fully saturated rings. The maximum absolute atomic E-state index is 12.9. The molecule has 0 aromatic heterocycles. The van der Waals surface area contributed by atoms with Gasteiger partial charge in [0.1, 0.15) is 6.04 Å². The largest absolute Gasteiger partial charge is 0.403 e. The fraction of sp³-hybridized carbons (Fsp3) is 0.941. The summed E-state index contributed by atoms with van der Waals surface area (Å²) in [4.78, 5) is 10.3. The van der Waals surface area contributed by atoms with Crippen molar-refractivity contribution in [3.05, 3.63) is 0 Å². The number of likely N-dealkylation sites (tertiary alicyclic amines) is 1. The fourth-order valence-electron chi connectivity index (χ4n) is 3.70. The Bertz CT molecular complexity index is 458. The van der Waals surface area contributed by atoms with E-state index in [9.17, 15) is 13.2 Å². The number of nitrogens with one attached hydrogen (secondary N) is 1. The summed E-state index contributed by atoms with van der Waals surface area (Å²) in [5.74, 6) is 0.780. The zero-order valence-electron chi connectivity index (χ0n) is 16.5. The van der Waals surface area contributed by atoms with Crippen molar-refractivity contribution in [2.24, 2.45) is 4.99 Å². The van der Waals surface area contributed by atoms with Gasteiger partial charge in [-0.15, -0.1) is 24.0 Å². The van der Waals surface area contributed by atoms with Crippen LogP contribution in [-0.2, 0) is 4.74 Å². The third-order valence-corrected chi connectivity index (χ3v) is 5.42. The minimum Gasteiger partial charge on any atom is -0.383 e. The summed E-state index contributed by atoms with van der Waals surface area (Å²) in [5, 5.41) is 3.41. The molecule has 2 aliphatic rings. The van der Waals surface area contributed by atoms with Crippen molar-refractivity contribution in [3.63, 3.8) is 0 Å². The van der Waals surface area contributed by atoms with Crippen molar-refractivity contribution in [1.82, 2.24) is 20.0 Å². The molecule has 2 aliphatic heterocycles. The van der Waals surface area contributed by atoms with Gasteiger partial charge in [0.25, 0.3) is 0 Å². The summed E-state index contributed by atoms with van der Waals surface area (Å²) in [6.45, 7) is 6.67. The molecule has 0 aromatic rings. The number of ether oxygens (including phenoxy) is 1. The zero-order valence-corrected chi connectivity index (χ0v) is 18.8. The first-order chi connectivity index (χ1) is 12.4. The standard InChI is InChI=1S/C17H32F3N5O.HI/c1-14(17(18,19)20)23-7-9-25(10-8-23)16(21-2)22-13-15-5-4-6-24(15)11-12-26-3;/h14-15H,4-13H2,1-3H3,(H,21,22);1H. The van der Waals surface area contributed by atoms with Crippen LogP contribution >= 0.6 is 24.0 Å². The number of hydrogen-bond acceptors (Lipinski definition) is 4. The second kappa shape index (κ2) is 11.6. The third kappa shape index (κ3) is 7.21. The average molecular weight is 507 g/mol. The number of methoxy groups -OCH3 is 1. The molecule has 2 atom stereocenters. The minimum atomic E-state index is -4.17. The number of guanidine groups is 1. The first kappa shape index (κ1) is 24.7. The molecule has 160 valence electrons. The number of rotatable bonds is 6. The SMILES string of the molecule is CN=C(NCC1CCCN1CCOC)N1CCN(C(C)C(F)(F)F)CC1.I. The smallest absolute Gasteiger partial charge is 0.383 e. The van der Waals surface area contributed by atoms with E-state index in [0.29, 0.717) is 32.2 Å². The van der Waals surface area contributed by atoms with Gasteiger partial charge in [0.05, 0.1) is 6.61 Å². The van der Waals surface area contributed by atoms with Crippen molar-refractivity contribution >= 4 is 29.9 Å². The Hall–Kier alpha value is -0.330. The zero-order chi connectivity index (χ0) is 19.2. The van der Waals surface area contributed by atoms with Crippen LogP contribution in [0.5, 0.6) is 0 Å². The van der Waals surface area contributed by atoms with E-state index in [-0.39, 0.29) is 24.0 Å². The highest BCUT2D eigenvalue weighted by atomic mass is 127. The first-order valence-corrected chi connectivity index (χ1v) is 9.36. The lowest BCUT2D eigenvalue weighted by Gasteiger charge is -2.40. The Morgan fingerprint density at radius 2 is 1.89 bits per heavy atom. The summed E-state index contributed by atoms with van der Waals surface area (Å²) in [6.07, 6.45) is -1.84. The topological polar surface area (TPSA) is 43.3 Å². The first-order valence-electron chi connectivity index (χ1n) is 9.36. The number of alkyl halides is 3. The molecule has 10 heteroatoms. The van der Waals surface area contributed by atoms with Crippen molar-refractivity contribution in [2.45, 2.75) is 38.0 Å². The van der Waals surface area contributed by atoms with Gasteiger partial charge in [0.15, 0.2) is 5.96 Å². The lowest BCUT2D eigenvalue weighted by atomic mass is 10.2. The normalized spacial score (nSPS) is 24.0. The van der Waals surface area contributed by atoms with Gasteiger partial charge >= 0.3 is 6.18 Å². The van der Waals surface area contributed by atoms with Crippen LogP contribution in [0.3, 0.4) is 0 Å². The maximum atomic E-state index is 12.9. The van der Waals surface area contributed by atoms with E-state index < -0.39 is 12.2 Å². The highest BCUT2D eigenvalue weighted by Gasteiger charge is 2.41. The highest BCUT2D eigenvalue weighted by Crippen LogP contribution is 2.25. The van der Waals surface area contributed by atoms with Crippen molar-refractivity contribution < 1.29 is 17.9 Å². The van der Waals surface area contributed by atoms with E-state index in [4.69, 9.17) is 4.74 Å². The number of hydrogen-bond donors (Lipinski definition) is 1. The molecule has 2 heterocycles. The van der Waals surface area contributed by atoms with E-state index >= 15 is 0 Å². The molecular weight excluding hydrogens is 474 g/mol. The maximum Gasteiger partial charge on any atom is 0.403 e. The van der Waals surface area contributed by atoms with Crippen LogP contribution in [0.2, 0.25) is 0 Å². The molecule has 2 saturated heterocycles. The summed E-state index contributed by atoms with van der Waals surface area (Å²) >= 11 is 0. The molecule has 0 saturated carbocycles. The van der Waals surface area contributed by atoms with E-state index in [1.165, 1.54) is 18.2 Å². The summed E-state index contributed by atoms with van der Waals surface area (Å²) in [6, 6.07) is -0.944. The van der Waals surface area contributed by atoms with Crippen molar-refractivity contribution in [2.75, 3.05) is 66.6 Å². The fourth-order valence-corrected chi connectivity index (χ4v) is 3.70.